The van der Waals surface area contributed by atoms with E-state index in [2.05, 4.69) is 15.0 Å². The van der Waals surface area contributed by atoms with Gasteiger partial charge < -0.3 is 19.5 Å². The fourth-order valence-corrected chi connectivity index (χ4v) is 3.35. The number of amides is 1. The maximum Gasteiger partial charge on any atom is 0.330 e. The van der Waals surface area contributed by atoms with E-state index in [1.807, 2.05) is 36.6 Å². The fraction of sp³-hybridized carbons (Fsp3) is 0.174. The van der Waals surface area contributed by atoms with Crippen molar-refractivity contribution < 1.29 is 23.8 Å². The highest BCUT2D eigenvalue weighted by molar-refractivity contribution is 7.09. The van der Waals surface area contributed by atoms with Crippen LogP contribution >= 0.6 is 11.3 Å². The molecule has 2 aromatic carbocycles. The maximum atomic E-state index is 12.4. The molecule has 8 heteroatoms. The van der Waals surface area contributed by atoms with Crippen LogP contribution in [0.25, 0.3) is 17.3 Å². The number of esters is 1. The minimum atomic E-state index is -0.454. The van der Waals surface area contributed by atoms with Crippen LogP contribution in [-0.2, 0) is 14.3 Å². The minimum Gasteiger partial charge on any atom is -0.493 e. The molecule has 0 atom stereocenters. The van der Waals surface area contributed by atoms with Gasteiger partial charge in [0, 0.05) is 22.7 Å². The topological polar surface area (TPSA) is 86.8 Å². The van der Waals surface area contributed by atoms with Crippen molar-refractivity contribution >= 4 is 35.0 Å². The molecule has 0 saturated heterocycles. The molecule has 1 heterocycles. The first kappa shape index (κ1) is 22.0. The highest BCUT2D eigenvalue weighted by Gasteiger charge is 2.10. The SMILES string of the molecule is COC(=O)/C=C/c1ccc(OCC(=O)Nc2cccc(-c3csc(C)n3)c2)c(OC)c1. The van der Waals surface area contributed by atoms with Gasteiger partial charge in [0.25, 0.3) is 5.91 Å². The molecular formula is C23H22N2O5S. The number of nitrogens with zero attached hydrogens (tertiary/aromatic N) is 1. The van der Waals surface area contributed by atoms with Gasteiger partial charge in [-0.05, 0) is 42.8 Å². The standard InChI is InChI=1S/C23H22N2O5S/c1-15-24-19(14-31-15)17-5-4-6-18(12-17)25-22(26)13-30-20-9-7-16(11-21(20)28-2)8-10-23(27)29-3/h4-12,14H,13H2,1-3H3,(H,25,26)/b10-8+. The number of thiazole rings is 1. The Morgan fingerprint density at radius 2 is 1.97 bits per heavy atom. The van der Waals surface area contributed by atoms with Crippen LogP contribution in [0.4, 0.5) is 5.69 Å². The predicted octanol–water partition coefficient (Wildman–Crippen LogP) is 4.33. The Balaban J connectivity index is 1.62. The number of benzene rings is 2. The van der Waals surface area contributed by atoms with Gasteiger partial charge in [-0.2, -0.15) is 0 Å². The number of ether oxygens (including phenoxy) is 3. The third kappa shape index (κ3) is 6.16. The average molecular weight is 439 g/mol. The van der Waals surface area contributed by atoms with E-state index in [1.54, 1.807) is 35.6 Å². The Morgan fingerprint density at radius 3 is 2.68 bits per heavy atom. The van der Waals surface area contributed by atoms with Gasteiger partial charge in [0.1, 0.15) is 0 Å². The highest BCUT2D eigenvalue weighted by atomic mass is 32.1. The maximum absolute atomic E-state index is 12.4. The summed E-state index contributed by atoms with van der Waals surface area (Å²) in [7, 11) is 2.81. The van der Waals surface area contributed by atoms with Crippen LogP contribution in [0.15, 0.2) is 53.9 Å². The van der Waals surface area contributed by atoms with E-state index in [4.69, 9.17) is 9.47 Å². The molecule has 0 fully saturated rings. The zero-order chi connectivity index (χ0) is 22.2. The molecule has 1 amide bonds. The van der Waals surface area contributed by atoms with E-state index in [9.17, 15) is 9.59 Å². The summed E-state index contributed by atoms with van der Waals surface area (Å²) in [5.74, 6) is 0.105. The van der Waals surface area contributed by atoms with Crippen LogP contribution in [0.1, 0.15) is 10.6 Å². The Labute approximate surface area is 184 Å². The molecule has 0 saturated carbocycles. The lowest BCUT2D eigenvalue weighted by Crippen LogP contribution is -2.20. The van der Waals surface area contributed by atoms with Crippen LogP contribution in [0.5, 0.6) is 11.5 Å². The number of aromatic nitrogens is 1. The summed E-state index contributed by atoms with van der Waals surface area (Å²) < 4.78 is 15.5. The van der Waals surface area contributed by atoms with Crippen molar-refractivity contribution in [2.75, 3.05) is 26.1 Å². The smallest absolute Gasteiger partial charge is 0.330 e. The third-order valence-corrected chi connectivity index (χ3v) is 4.99. The van der Waals surface area contributed by atoms with Crippen LogP contribution in [-0.4, -0.2) is 37.7 Å². The number of rotatable bonds is 8. The van der Waals surface area contributed by atoms with Gasteiger partial charge in [-0.15, -0.1) is 11.3 Å². The summed E-state index contributed by atoms with van der Waals surface area (Å²) in [5.41, 5.74) is 3.20. The Hall–Kier alpha value is -3.65. The van der Waals surface area contributed by atoms with E-state index in [0.717, 1.165) is 21.8 Å². The fourth-order valence-electron chi connectivity index (χ4n) is 2.73. The number of nitrogens with one attached hydrogen (secondary N) is 1. The van der Waals surface area contributed by atoms with Gasteiger partial charge >= 0.3 is 5.97 Å². The molecule has 0 aliphatic heterocycles. The number of aryl methyl sites for hydroxylation is 1. The molecule has 0 unspecified atom stereocenters. The van der Waals surface area contributed by atoms with Crippen molar-refractivity contribution in [3.05, 3.63) is 64.5 Å². The predicted molar refractivity (Wildman–Crippen MR) is 120 cm³/mol. The van der Waals surface area contributed by atoms with Crippen molar-refractivity contribution in [2.24, 2.45) is 0 Å². The van der Waals surface area contributed by atoms with Crippen molar-refractivity contribution in [2.45, 2.75) is 6.92 Å². The summed E-state index contributed by atoms with van der Waals surface area (Å²) in [4.78, 5) is 28.1. The second kappa shape index (κ2) is 10.4. The third-order valence-electron chi connectivity index (χ3n) is 4.22. The summed E-state index contributed by atoms with van der Waals surface area (Å²) in [6.07, 6.45) is 2.91. The lowest BCUT2D eigenvalue weighted by molar-refractivity contribution is -0.134. The molecule has 3 rings (SSSR count). The Kier molecular flexibility index (Phi) is 7.40. The number of carbonyl (C=O) groups is 2. The molecule has 0 spiro atoms. The number of hydrogen-bond donors (Lipinski definition) is 1. The molecule has 0 radical (unpaired) electrons. The van der Waals surface area contributed by atoms with Gasteiger partial charge in [-0.25, -0.2) is 9.78 Å². The summed E-state index contributed by atoms with van der Waals surface area (Å²) in [6.45, 7) is 1.76. The lowest BCUT2D eigenvalue weighted by Gasteiger charge is -2.12. The van der Waals surface area contributed by atoms with Crippen LogP contribution in [0.2, 0.25) is 0 Å². The largest absolute Gasteiger partial charge is 0.493 e. The van der Waals surface area contributed by atoms with Gasteiger partial charge in [-0.1, -0.05) is 18.2 Å². The Bertz CT molecular complexity index is 1110. The van der Waals surface area contributed by atoms with Crippen molar-refractivity contribution in [1.82, 2.24) is 4.98 Å². The molecule has 3 aromatic rings. The van der Waals surface area contributed by atoms with Crippen molar-refractivity contribution in [3.63, 3.8) is 0 Å². The number of hydrogen-bond acceptors (Lipinski definition) is 7. The average Bonchev–Trinajstić information content (AvgIpc) is 3.22. The lowest BCUT2D eigenvalue weighted by atomic mass is 10.1. The van der Waals surface area contributed by atoms with Gasteiger partial charge in [0.2, 0.25) is 0 Å². The van der Waals surface area contributed by atoms with E-state index in [-0.39, 0.29) is 12.5 Å². The van der Waals surface area contributed by atoms with Gasteiger partial charge in [-0.3, -0.25) is 4.79 Å². The molecule has 1 N–H and O–H groups in total. The number of anilines is 1. The molecule has 0 bridgehead atoms. The Morgan fingerprint density at radius 1 is 1.13 bits per heavy atom. The normalized spacial score (nSPS) is 10.7. The van der Waals surface area contributed by atoms with Crippen LogP contribution < -0.4 is 14.8 Å². The van der Waals surface area contributed by atoms with E-state index in [0.29, 0.717) is 17.2 Å². The second-order valence-electron chi connectivity index (χ2n) is 6.44. The molecule has 0 aliphatic rings. The van der Waals surface area contributed by atoms with Gasteiger partial charge in [0.05, 0.1) is 24.9 Å². The van der Waals surface area contributed by atoms with Gasteiger partial charge in [0.15, 0.2) is 18.1 Å². The molecule has 160 valence electrons. The minimum absolute atomic E-state index is 0.187. The highest BCUT2D eigenvalue weighted by Crippen LogP contribution is 2.29. The van der Waals surface area contributed by atoms with Crippen LogP contribution in [0.3, 0.4) is 0 Å². The monoisotopic (exact) mass is 438 g/mol. The molecular weight excluding hydrogens is 416 g/mol. The first-order valence-electron chi connectivity index (χ1n) is 9.38. The molecule has 7 nitrogen and oxygen atoms in total. The van der Waals surface area contributed by atoms with Crippen molar-refractivity contribution in [3.8, 4) is 22.8 Å². The van der Waals surface area contributed by atoms with E-state index >= 15 is 0 Å². The first-order chi connectivity index (χ1) is 15.0. The van der Waals surface area contributed by atoms with Crippen molar-refractivity contribution in [1.29, 1.82) is 0 Å². The second-order valence-corrected chi connectivity index (χ2v) is 7.50. The summed E-state index contributed by atoms with van der Waals surface area (Å²) in [6, 6.07) is 12.6. The van der Waals surface area contributed by atoms with E-state index in [1.165, 1.54) is 20.3 Å². The molecule has 1 aromatic heterocycles. The zero-order valence-corrected chi connectivity index (χ0v) is 18.2. The number of carbonyl (C=O) groups excluding carboxylic acids is 2. The number of methoxy groups -OCH3 is 2. The zero-order valence-electron chi connectivity index (χ0n) is 17.4. The molecule has 31 heavy (non-hydrogen) atoms. The summed E-state index contributed by atoms with van der Waals surface area (Å²) >= 11 is 1.58. The first-order valence-corrected chi connectivity index (χ1v) is 10.3. The molecule has 0 aliphatic carbocycles. The van der Waals surface area contributed by atoms with E-state index < -0.39 is 5.97 Å². The summed E-state index contributed by atoms with van der Waals surface area (Å²) in [5, 5.41) is 5.79. The van der Waals surface area contributed by atoms with Crippen LogP contribution in [0, 0.1) is 6.92 Å². The quantitative estimate of drug-likeness (QED) is 0.416.